The lowest BCUT2D eigenvalue weighted by Crippen LogP contribution is -2.62. The Morgan fingerprint density at radius 1 is 1.30 bits per heavy atom. The van der Waals surface area contributed by atoms with E-state index in [9.17, 15) is 14.4 Å². The van der Waals surface area contributed by atoms with Crippen LogP contribution in [-0.4, -0.2) is 39.6 Å². The molecule has 0 heterocycles. The lowest BCUT2D eigenvalue weighted by molar-refractivity contribution is -0.153. The van der Waals surface area contributed by atoms with Crippen molar-refractivity contribution in [2.75, 3.05) is 0 Å². The highest BCUT2D eigenvalue weighted by Crippen LogP contribution is 2.13. The molecule has 0 fully saturated rings. The highest BCUT2D eigenvalue weighted by molar-refractivity contribution is 6.10. The summed E-state index contributed by atoms with van der Waals surface area (Å²) >= 11 is 0. The van der Waals surface area contributed by atoms with Gasteiger partial charge >= 0.3 is 5.97 Å². The lowest BCUT2D eigenvalue weighted by Gasteiger charge is -2.26. The number of hydrogen-bond acceptors (Lipinski definition) is 5. The summed E-state index contributed by atoms with van der Waals surface area (Å²) < 4.78 is 0. The lowest BCUT2D eigenvalue weighted by atomic mass is 9.87. The second-order valence-electron chi connectivity index (χ2n) is 4.40. The first-order valence-electron chi connectivity index (χ1n) is 5.83. The van der Waals surface area contributed by atoms with Crippen LogP contribution in [0, 0.1) is 0 Å². The van der Waals surface area contributed by atoms with E-state index in [1.807, 2.05) is 0 Å². The molecule has 1 unspecified atom stereocenters. The van der Waals surface area contributed by atoms with Crippen LogP contribution in [0.3, 0.4) is 0 Å². The number of rotatable bonds is 6. The number of aliphatic hydroxyl groups excluding tert-OH is 1. The molecule has 20 heavy (non-hydrogen) atoms. The summed E-state index contributed by atoms with van der Waals surface area (Å²) in [6, 6.07) is 8.58. The molecule has 1 amide bonds. The van der Waals surface area contributed by atoms with Gasteiger partial charge in [-0.05, 0) is 12.5 Å². The third kappa shape index (κ3) is 3.62. The number of amides is 1. The maximum atomic E-state index is 11.9. The smallest absolute Gasteiger partial charge is 0.353 e. The highest BCUT2D eigenvalue weighted by Gasteiger charge is 2.40. The number of benzene rings is 1. The van der Waals surface area contributed by atoms with Crippen LogP contribution in [0.25, 0.3) is 0 Å². The minimum absolute atomic E-state index is 0.0959. The number of aliphatic carboxylic acids is 1. The maximum Gasteiger partial charge on any atom is 0.353 e. The zero-order chi connectivity index (χ0) is 15.3. The van der Waals surface area contributed by atoms with Crippen molar-refractivity contribution < 1.29 is 24.6 Å². The van der Waals surface area contributed by atoms with Gasteiger partial charge in [0.2, 0.25) is 6.23 Å². The second-order valence-corrected chi connectivity index (χ2v) is 4.40. The van der Waals surface area contributed by atoms with Gasteiger partial charge in [-0.1, -0.05) is 30.3 Å². The van der Waals surface area contributed by atoms with E-state index < -0.39 is 29.4 Å². The molecule has 0 saturated heterocycles. The first kappa shape index (κ1) is 15.8. The predicted molar refractivity (Wildman–Crippen MR) is 69.5 cm³/mol. The third-order valence-corrected chi connectivity index (χ3v) is 2.86. The SMILES string of the molecule is CC(=O)[C@](N)(Cc1ccccc1)C(=O)NC(O)C(=O)O. The molecular formula is C13H16N2O5. The van der Waals surface area contributed by atoms with Crippen molar-refractivity contribution in [3.05, 3.63) is 35.9 Å². The Bertz CT molecular complexity index is 517. The Morgan fingerprint density at radius 3 is 2.30 bits per heavy atom. The summed E-state index contributed by atoms with van der Waals surface area (Å²) in [7, 11) is 0. The van der Waals surface area contributed by atoms with Crippen LogP contribution in [0.2, 0.25) is 0 Å². The summed E-state index contributed by atoms with van der Waals surface area (Å²) in [6.45, 7) is 1.13. The number of ketones is 1. The average molecular weight is 280 g/mol. The molecule has 0 radical (unpaired) electrons. The molecule has 0 aliphatic rings. The molecule has 1 rings (SSSR count). The Kier molecular flexibility index (Phi) is 4.95. The van der Waals surface area contributed by atoms with E-state index in [0.29, 0.717) is 5.56 Å². The molecule has 0 saturated carbocycles. The average Bonchev–Trinajstić information content (AvgIpc) is 2.39. The third-order valence-electron chi connectivity index (χ3n) is 2.86. The zero-order valence-electron chi connectivity index (χ0n) is 10.9. The summed E-state index contributed by atoms with van der Waals surface area (Å²) in [4.78, 5) is 34.1. The van der Waals surface area contributed by atoms with Gasteiger partial charge in [0.1, 0.15) is 0 Å². The number of carbonyl (C=O) groups excluding carboxylic acids is 2. The topological polar surface area (TPSA) is 130 Å². The minimum Gasteiger partial charge on any atom is -0.478 e. The van der Waals surface area contributed by atoms with Crippen LogP contribution in [0.15, 0.2) is 30.3 Å². The number of carboxylic acids is 1. The van der Waals surface area contributed by atoms with Crippen molar-refractivity contribution in [2.45, 2.75) is 25.1 Å². The molecule has 7 heteroatoms. The summed E-state index contributed by atoms with van der Waals surface area (Å²) in [5, 5.41) is 19.4. The molecule has 0 bridgehead atoms. The summed E-state index contributed by atoms with van der Waals surface area (Å²) in [5.41, 5.74) is 4.51. The van der Waals surface area contributed by atoms with Crippen LogP contribution in [0.1, 0.15) is 12.5 Å². The monoisotopic (exact) mass is 280 g/mol. The number of aliphatic hydroxyl groups is 1. The minimum atomic E-state index is -2.11. The van der Waals surface area contributed by atoms with Crippen molar-refractivity contribution in [3.63, 3.8) is 0 Å². The van der Waals surface area contributed by atoms with Gasteiger partial charge < -0.3 is 21.3 Å². The van der Waals surface area contributed by atoms with Crippen LogP contribution in [0.4, 0.5) is 0 Å². The molecule has 108 valence electrons. The van der Waals surface area contributed by atoms with Gasteiger partial charge in [-0.3, -0.25) is 9.59 Å². The van der Waals surface area contributed by atoms with E-state index >= 15 is 0 Å². The number of carboxylic acid groups (broad SMARTS) is 1. The van der Waals surface area contributed by atoms with Crippen molar-refractivity contribution in [3.8, 4) is 0 Å². The second kappa shape index (κ2) is 6.27. The maximum absolute atomic E-state index is 11.9. The molecular weight excluding hydrogens is 264 g/mol. The quantitative estimate of drug-likeness (QED) is 0.392. The Labute approximate surface area is 115 Å². The molecule has 1 aromatic rings. The zero-order valence-corrected chi connectivity index (χ0v) is 10.9. The number of Topliss-reactive ketones (excluding diaryl/α,β-unsaturated/α-hetero) is 1. The van der Waals surface area contributed by atoms with Gasteiger partial charge in [0.15, 0.2) is 11.3 Å². The molecule has 7 nitrogen and oxygen atoms in total. The van der Waals surface area contributed by atoms with E-state index in [1.54, 1.807) is 35.6 Å². The van der Waals surface area contributed by atoms with Crippen LogP contribution in [-0.2, 0) is 20.8 Å². The largest absolute Gasteiger partial charge is 0.478 e. The Balaban J connectivity index is 2.94. The Morgan fingerprint density at radius 2 is 1.85 bits per heavy atom. The van der Waals surface area contributed by atoms with Gasteiger partial charge in [-0.15, -0.1) is 0 Å². The van der Waals surface area contributed by atoms with Gasteiger partial charge in [-0.25, -0.2) is 4.79 Å². The van der Waals surface area contributed by atoms with Crippen molar-refractivity contribution in [2.24, 2.45) is 5.73 Å². The predicted octanol–water partition coefficient (Wildman–Crippen LogP) is -0.965. The van der Waals surface area contributed by atoms with E-state index in [4.69, 9.17) is 15.9 Å². The van der Waals surface area contributed by atoms with Crippen LogP contribution < -0.4 is 11.1 Å². The van der Waals surface area contributed by atoms with Crippen molar-refractivity contribution in [1.29, 1.82) is 0 Å². The first-order valence-corrected chi connectivity index (χ1v) is 5.83. The van der Waals surface area contributed by atoms with E-state index in [1.165, 1.54) is 0 Å². The number of nitrogens with two attached hydrogens (primary N) is 1. The molecule has 1 aromatic carbocycles. The van der Waals surface area contributed by atoms with Crippen molar-refractivity contribution in [1.82, 2.24) is 5.32 Å². The molecule has 0 spiro atoms. The fourth-order valence-electron chi connectivity index (χ4n) is 1.60. The van der Waals surface area contributed by atoms with E-state index in [0.717, 1.165) is 6.92 Å². The molecule has 0 aromatic heterocycles. The van der Waals surface area contributed by atoms with E-state index in [-0.39, 0.29) is 6.42 Å². The molecule has 5 N–H and O–H groups in total. The number of nitrogens with one attached hydrogen (secondary N) is 1. The fourth-order valence-corrected chi connectivity index (χ4v) is 1.60. The van der Waals surface area contributed by atoms with Gasteiger partial charge in [-0.2, -0.15) is 0 Å². The standard InChI is InChI=1S/C13H16N2O5/c1-8(16)13(14,7-9-5-3-2-4-6-9)12(20)15-10(17)11(18)19/h2-6,10,17H,7,14H2,1H3,(H,15,20)(H,18,19)/t10?,13-/m1/s1. The molecule has 0 aliphatic carbocycles. The van der Waals surface area contributed by atoms with Gasteiger partial charge in [0.05, 0.1) is 0 Å². The Hall–Kier alpha value is -2.25. The fraction of sp³-hybridized carbons (Fsp3) is 0.308. The molecule has 2 atom stereocenters. The van der Waals surface area contributed by atoms with E-state index in [2.05, 4.69) is 0 Å². The first-order chi connectivity index (χ1) is 9.27. The van der Waals surface area contributed by atoms with Gasteiger partial charge in [0.25, 0.3) is 5.91 Å². The number of carbonyl (C=O) groups is 3. The normalized spacial score (nSPS) is 14.9. The summed E-state index contributed by atoms with van der Waals surface area (Å²) in [6.07, 6.45) is -2.21. The van der Waals surface area contributed by atoms with Crippen molar-refractivity contribution >= 4 is 17.7 Å². The molecule has 0 aliphatic heterocycles. The number of hydrogen-bond donors (Lipinski definition) is 4. The van der Waals surface area contributed by atoms with Gasteiger partial charge in [0, 0.05) is 6.42 Å². The van der Waals surface area contributed by atoms with Crippen LogP contribution in [0.5, 0.6) is 0 Å². The highest BCUT2D eigenvalue weighted by atomic mass is 16.4. The summed E-state index contributed by atoms with van der Waals surface area (Å²) in [5.74, 6) is -3.30. The van der Waals surface area contributed by atoms with Crippen LogP contribution >= 0.6 is 0 Å².